The van der Waals surface area contributed by atoms with Crippen molar-refractivity contribution in [1.82, 2.24) is 14.3 Å². The van der Waals surface area contributed by atoms with Gasteiger partial charge in [0.05, 0.1) is 11.6 Å². The van der Waals surface area contributed by atoms with Crippen molar-refractivity contribution in [2.75, 3.05) is 0 Å². The smallest absolute Gasteiger partial charge is 0.271 e. The molecule has 0 radical (unpaired) electrons. The molecule has 1 atom stereocenters. The number of aromatic nitrogens is 3. The molecule has 0 spiro atoms. The number of fused-ring (bicyclic) bond motifs is 1. The maximum atomic E-state index is 14.3. The maximum absolute atomic E-state index is 14.3. The molecule has 3 fully saturated rings. The summed E-state index contributed by atoms with van der Waals surface area (Å²) in [5, 5.41) is 4.36. The molecule has 1 unspecified atom stereocenters. The van der Waals surface area contributed by atoms with Crippen LogP contribution in [0.2, 0.25) is 0 Å². The second-order valence-corrected chi connectivity index (χ2v) is 7.58. The van der Waals surface area contributed by atoms with E-state index in [-0.39, 0.29) is 11.3 Å². The Hall–Kier alpha value is -2.05. The number of hydrogen-bond acceptors (Lipinski definition) is 2. The normalized spacial score (nSPS) is 33.1. The minimum Gasteiger partial charge on any atom is -0.271 e. The third kappa shape index (κ3) is 1.60. The second-order valence-electron chi connectivity index (χ2n) is 7.58. The van der Waals surface area contributed by atoms with Crippen LogP contribution in [-0.4, -0.2) is 20.0 Å². The van der Waals surface area contributed by atoms with Gasteiger partial charge in [-0.05, 0) is 31.0 Å². The van der Waals surface area contributed by atoms with Crippen LogP contribution < -0.4 is 5.69 Å². The van der Waals surface area contributed by atoms with Crippen LogP contribution >= 0.6 is 0 Å². The lowest BCUT2D eigenvalue weighted by Crippen LogP contribution is -2.72. The van der Waals surface area contributed by atoms with Gasteiger partial charge in [-0.25, -0.2) is 22.6 Å². The highest BCUT2D eigenvalue weighted by atomic mass is 19.1. The van der Waals surface area contributed by atoms with E-state index in [0.717, 1.165) is 0 Å². The van der Waals surface area contributed by atoms with Crippen LogP contribution in [0.4, 0.5) is 13.2 Å². The van der Waals surface area contributed by atoms with Gasteiger partial charge < -0.3 is 0 Å². The molecule has 1 aliphatic heterocycles. The average molecular weight is 335 g/mol. The van der Waals surface area contributed by atoms with Crippen LogP contribution in [0.25, 0.3) is 0 Å². The van der Waals surface area contributed by atoms with Crippen molar-refractivity contribution in [1.29, 1.82) is 0 Å². The SMILES string of the molecule is Cc1cc(F)c(C2CCc3nn(C45CC(F)(C4)C5)c(=O)n32)c(F)c1. The molecule has 4 nitrogen and oxygen atoms in total. The van der Waals surface area contributed by atoms with Crippen molar-refractivity contribution in [2.24, 2.45) is 0 Å². The van der Waals surface area contributed by atoms with Gasteiger partial charge in [-0.1, -0.05) is 0 Å². The van der Waals surface area contributed by atoms with Crippen molar-refractivity contribution >= 4 is 0 Å². The van der Waals surface area contributed by atoms with Gasteiger partial charge in [0.25, 0.3) is 0 Å². The molecular formula is C17H16F3N3O. The van der Waals surface area contributed by atoms with E-state index in [2.05, 4.69) is 5.10 Å². The summed E-state index contributed by atoms with van der Waals surface area (Å²) in [6, 6.07) is 1.87. The third-order valence-electron chi connectivity index (χ3n) is 5.78. The van der Waals surface area contributed by atoms with Crippen molar-refractivity contribution in [2.45, 2.75) is 56.3 Å². The number of nitrogens with zero attached hydrogens (tertiary/aromatic N) is 3. The Morgan fingerprint density at radius 3 is 2.42 bits per heavy atom. The molecule has 3 saturated carbocycles. The molecule has 2 heterocycles. The Balaban J connectivity index is 1.61. The molecule has 7 heteroatoms. The molecule has 1 aromatic carbocycles. The van der Waals surface area contributed by atoms with E-state index >= 15 is 0 Å². The molecule has 24 heavy (non-hydrogen) atoms. The van der Waals surface area contributed by atoms with Crippen LogP contribution in [0.1, 0.15) is 48.7 Å². The molecule has 6 rings (SSSR count). The van der Waals surface area contributed by atoms with Gasteiger partial charge in [0.15, 0.2) is 0 Å². The van der Waals surface area contributed by atoms with E-state index < -0.39 is 28.9 Å². The lowest BCUT2D eigenvalue weighted by atomic mass is 9.47. The zero-order chi connectivity index (χ0) is 16.9. The second kappa shape index (κ2) is 4.13. The zero-order valence-corrected chi connectivity index (χ0v) is 13.2. The lowest BCUT2D eigenvalue weighted by molar-refractivity contribution is -0.205. The van der Waals surface area contributed by atoms with Gasteiger partial charge in [0.1, 0.15) is 23.1 Å². The molecule has 2 aromatic rings. The van der Waals surface area contributed by atoms with Crippen LogP contribution in [0, 0.1) is 18.6 Å². The van der Waals surface area contributed by atoms with Crippen molar-refractivity contribution < 1.29 is 13.2 Å². The molecule has 126 valence electrons. The molecule has 2 bridgehead atoms. The number of benzene rings is 1. The number of rotatable bonds is 2. The van der Waals surface area contributed by atoms with E-state index in [4.69, 9.17) is 0 Å². The highest BCUT2D eigenvalue weighted by molar-refractivity contribution is 5.31. The first-order valence-electron chi connectivity index (χ1n) is 8.17. The quantitative estimate of drug-likeness (QED) is 0.847. The fraction of sp³-hybridized carbons (Fsp3) is 0.529. The Bertz CT molecular complexity index is 902. The predicted molar refractivity (Wildman–Crippen MR) is 79.7 cm³/mol. The molecule has 1 aromatic heterocycles. The van der Waals surface area contributed by atoms with E-state index in [1.165, 1.54) is 21.4 Å². The zero-order valence-electron chi connectivity index (χ0n) is 13.2. The fourth-order valence-corrected chi connectivity index (χ4v) is 4.75. The van der Waals surface area contributed by atoms with Crippen molar-refractivity contribution in [3.63, 3.8) is 0 Å². The lowest BCUT2D eigenvalue weighted by Gasteiger charge is -2.64. The van der Waals surface area contributed by atoms with Gasteiger partial charge >= 0.3 is 5.69 Å². The van der Waals surface area contributed by atoms with Gasteiger partial charge in [-0.3, -0.25) is 4.57 Å². The standard InChI is InChI=1S/C17H16F3N3O/c1-9-4-10(18)14(11(19)5-9)12-2-3-13-21-23(15(24)22(12)13)17-6-16(20,7-17)8-17/h4-5,12H,2-3,6-8H2,1H3. The van der Waals surface area contributed by atoms with Gasteiger partial charge in [0, 0.05) is 31.2 Å². The molecule has 3 aliphatic carbocycles. The highest BCUT2D eigenvalue weighted by Gasteiger charge is 2.72. The van der Waals surface area contributed by atoms with E-state index in [1.807, 2.05) is 0 Å². The first-order chi connectivity index (χ1) is 11.3. The minimum atomic E-state index is -1.14. The fourth-order valence-electron chi connectivity index (χ4n) is 4.75. The van der Waals surface area contributed by atoms with E-state index in [1.54, 1.807) is 6.92 Å². The van der Waals surface area contributed by atoms with Crippen LogP contribution in [0.15, 0.2) is 16.9 Å². The number of alkyl halides is 1. The van der Waals surface area contributed by atoms with Crippen molar-refractivity contribution in [3.8, 4) is 0 Å². The summed E-state index contributed by atoms with van der Waals surface area (Å²) in [5.41, 5.74) is -1.62. The first-order valence-corrected chi connectivity index (χ1v) is 8.17. The summed E-state index contributed by atoms with van der Waals surface area (Å²) in [5.74, 6) is -0.751. The molecule has 4 aliphatic rings. The van der Waals surface area contributed by atoms with Crippen molar-refractivity contribution in [3.05, 3.63) is 51.2 Å². The Morgan fingerprint density at radius 1 is 1.21 bits per heavy atom. The number of halogens is 3. The monoisotopic (exact) mass is 335 g/mol. The summed E-state index contributed by atoms with van der Waals surface area (Å²) in [6.45, 7) is 1.62. The molecule has 0 amide bonds. The number of hydrogen-bond donors (Lipinski definition) is 0. The van der Waals surface area contributed by atoms with Crippen LogP contribution in [0.3, 0.4) is 0 Å². The maximum Gasteiger partial charge on any atom is 0.347 e. The largest absolute Gasteiger partial charge is 0.347 e. The first kappa shape index (κ1) is 14.3. The summed E-state index contributed by atoms with van der Waals surface area (Å²) in [7, 11) is 0. The van der Waals surface area contributed by atoms with Gasteiger partial charge in [-0.2, -0.15) is 5.10 Å². The van der Waals surface area contributed by atoms with E-state index in [9.17, 15) is 18.0 Å². The van der Waals surface area contributed by atoms with Crippen LogP contribution in [-0.2, 0) is 12.0 Å². The summed E-state index contributed by atoms with van der Waals surface area (Å²) in [4.78, 5) is 12.8. The summed E-state index contributed by atoms with van der Waals surface area (Å²) < 4.78 is 45.2. The molecule has 0 saturated heterocycles. The minimum absolute atomic E-state index is 0.0828. The Kier molecular flexibility index (Phi) is 2.46. The highest BCUT2D eigenvalue weighted by Crippen LogP contribution is 2.66. The Labute approximate surface area is 135 Å². The van der Waals surface area contributed by atoms with E-state index in [0.29, 0.717) is 43.5 Å². The average Bonchev–Trinajstić information content (AvgIpc) is 2.95. The predicted octanol–water partition coefficient (Wildman–Crippen LogP) is 2.77. The van der Waals surface area contributed by atoms with Gasteiger partial charge in [0.2, 0.25) is 0 Å². The number of aryl methyl sites for hydroxylation is 2. The third-order valence-corrected chi connectivity index (χ3v) is 5.78. The van der Waals surface area contributed by atoms with Gasteiger partial charge in [-0.15, -0.1) is 0 Å². The molecular weight excluding hydrogens is 319 g/mol. The topological polar surface area (TPSA) is 39.8 Å². The summed E-state index contributed by atoms with van der Waals surface area (Å²) in [6.07, 6.45) is 1.86. The van der Waals surface area contributed by atoms with Crippen LogP contribution in [0.5, 0.6) is 0 Å². The summed E-state index contributed by atoms with van der Waals surface area (Å²) >= 11 is 0. The molecule has 0 N–H and O–H groups in total. The Morgan fingerprint density at radius 2 is 1.83 bits per heavy atom.